The molecule has 0 saturated carbocycles. The summed E-state index contributed by atoms with van der Waals surface area (Å²) < 4.78 is 42.6. The van der Waals surface area contributed by atoms with Gasteiger partial charge in [0.05, 0.1) is 23.4 Å². The number of nitrogens with zero attached hydrogens (tertiary/aromatic N) is 1. The van der Waals surface area contributed by atoms with Crippen molar-refractivity contribution in [3.63, 3.8) is 0 Å². The Morgan fingerprint density at radius 2 is 2.10 bits per heavy atom. The number of hydrogen-bond acceptors (Lipinski definition) is 4. The highest BCUT2D eigenvalue weighted by atomic mass is 32.1. The quantitative estimate of drug-likeness (QED) is 0.808. The largest absolute Gasteiger partial charge is 0.465 e. The van der Waals surface area contributed by atoms with Crippen LogP contribution in [-0.2, 0) is 17.3 Å². The zero-order chi connectivity index (χ0) is 15.6. The van der Waals surface area contributed by atoms with Gasteiger partial charge in [0.15, 0.2) is 0 Å². The van der Waals surface area contributed by atoms with Crippen LogP contribution in [0.15, 0.2) is 24.3 Å². The van der Waals surface area contributed by atoms with Gasteiger partial charge in [-0.25, -0.2) is 9.78 Å². The van der Waals surface area contributed by atoms with Gasteiger partial charge in [0.25, 0.3) is 0 Å². The van der Waals surface area contributed by atoms with Gasteiger partial charge in [-0.05, 0) is 18.6 Å². The minimum absolute atomic E-state index is 0.242. The third-order valence-electron chi connectivity index (χ3n) is 2.82. The molecule has 0 atom stereocenters. The van der Waals surface area contributed by atoms with E-state index in [1.807, 2.05) is 0 Å². The lowest BCUT2D eigenvalue weighted by molar-refractivity contribution is -0.137. The van der Waals surface area contributed by atoms with Crippen molar-refractivity contribution >= 4 is 17.3 Å². The molecule has 0 aliphatic heterocycles. The molecule has 2 rings (SSSR count). The van der Waals surface area contributed by atoms with Crippen molar-refractivity contribution in [3.05, 3.63) is 51.0 Å². The minimum Gasteiger partial charge on any atom is -0.465 e. The molecule has 0 fully saturated rings. The van der Waals surface area contributed by atoms with E-state index in [1.165, 1.54) is 13.2 Å². The number of ether oxygens (including phenoxy) is 1. The SMILES string of the molecule is COC(=O)c1sc(Cc2cccc(C(F)(F)F)c2)nc1C. The summed E-state index contributed by atoms with van der Waals surface area (Å²) in [5.41, 5.74) is 0.324. The first-order valence-corrected chi connectivity index (χ1v) is 6.83. The first-order valence-electron chi connectivity index (χ1n) is 6.02. The van der Waals surface area contributed by atoms with Crippen LogP contribution >= 0.6 is 11.3 Å². The van der Waals surface area contributed by atoms with Gasteiger partial charge < -0.3 is 4.74 Å². The van der Waals surface area contributed by atoms with E-state index in [-0.39, 0.29) is 6.42 Å². The molecule has 21 heavy (non-hydrogen) atoms. The maximum atomic E-state index is 12.7. The predicted molar refractivity (Wildman–Crippen MR) is 72.4 cm³/mol. The number of carbonyl (C=O) groups excluding carboxylic acids is 1. The standard InChI is InChI=1S/C14H12F3NO2S/c1-8-12(13(19)20-2)21-11(18-8)7-9-4-3-5-10(6-9)14(15,16)17/h3-6H,7H2,1-2H3. The maximum Gasteiger partial charge on any atom is 0.416 e. The average Bonchev–Trinajstić information content (AvgIpc) is 2.78. The van der Waals surface area contributed by atoms with Crippen LogP contribution in [0, 0.1) is 6.92 Å². The summed E-state index contributed by atoms with van der Waals surface area (Å²) in [6, 6.07) is 5.08. The van der Waals surface area contributed by atoms with Gasteiger partial charge in [0, 0.05) is 6.42 Å². The van der Waals surface area contributed by atoms with Crippen molar-refractivity contribution in [2.75, 3.05) is 7.11 Å². The molecule has 0 saturated heterocycles. The highest BCUT2D eigenvalue weighted by Crippen LogP contribution is 2.30. The van der Waals surface area contributed by atoms with Gasteiger partial charge in [0.2, 0.25) is 0 Å². The van der Waals surface area contributed by atoms with Crippen LogP contribution < -0.4 is 0 Å². The number of thiazole rings is 1. The molecular formula is C14H12F3NO2S. The van der Waals surface area contributed by atoms with Crippen LogP contribution in [0.5, 0.6) is 0 Å². The number of aromatic nitrogens is 1. The van der Waals surface area contributed by atoms with E-state index in [0.29, 0.717) is 21.1 Å². The van der Waals surface area contributed by atoms with Crippen molar-refractivity contribution < 1.29 is 22.7 Å². The summed E-state index contributed by atoms with van der Waals surface area (Å²) in [6.07, 6.45) is -4.13. The number of aryl methyl sites for hydroxylation is 1. The lowest BCUT2D eigenvalue weighted by Crippen LogP contribution is -2.05. The molecule has 7 heteroatoms. The van der Waals surface area contributed by atoms with Crippen molar-refractivity contribution in [1.29, 1.82) is 0 Å². The number of hydrogen-bond donors (Lipinski definition) is 0. The Morgan fingerprint density at radius 3 is 2.71 bits per heavy atom. The fourth-order valence-corrected chi connectivity index (χ4v) is 2.86. The van der Waals surface area contributed by atoms with Crippen LogP contribution in [0.1, 0.15) is 31.5 Å². The van der Waals surface area contributed by atoms with E-state index in [4.69, 9.17) is 0 Å². The van der Waals surface area contributed by atoms with Crippen LogP contribution in [0.2, 0.25) is 0 Å². The van der Waals surface area contributed by atoms with Crippen LogP contribution in [0.3, 0.4) is 0 Å². The van der Waals surface area contributed by atoms with E-state index in [1.54, 1.807) is 13.0 Å². The zero-order valence-corrected chi connectivity index (χ0v) is 12.1. The van der Waals surface area contributed by atoms with Crippen LogP contribution in [0.25, 0.3) is 0 Å². The van der Waals surface area contributed by atoms with E-state index in [2.05, 4.69) is 9.72 Å². The topological polar surface area (TPSA) is 39.2 Å². The molecule has 0 unspecified atom stereocenters. The summed E-state index contributed by atoms with van der Waals surface area (Å²) in [5.74, 6) is -0.486. The van der Waals surface area contributed by atoms with Crippen LogP contribution in [0.4, 0.5) is 13.2 Å². The normalized spacial score (nSPS) is 11.5. The van der Waals surface area contributed by atoms with Gasteiger partial charge in [-0.2, -0.15) is 13.2 Å². The first-order chi connectivity index (χ1) is 9.81. The number of methoxy groups -OCH3 is 1. The number of halogens is 3. The Kier molecular flexibility index (Phi) is 4.32. The smallest absolute Gasteiger partial charge is 0.416 e. The average molecular weight is 315 g/mol. The van der Waals surface area contributed by atoms with Crippen LogP contribution in [-0.4, -0.2) is 18.1 Å². The number of rotatable bonds is 3. The molecule has 0 aliphatic rings. The zero-order valence-electron chi connectivity index (χ0n) is 11.3. The van der Waals surface area contributed by atoms with E-state index in [9.17, 15) is 18.0 Å². The monoisotopic (exact) mass is 315 g/mol. The minimum atomic E-state index is -4.37. The van der Waals surface area contributed by atoms with Crippen molar-refractivity contribution in [2.24, 2.45) is 0 Å². The molecule has 1 aromatic carbocycles. The van der Waals surface area contributed by atoms with Crippen molar-refractivity contribution in [1.82, 2.24) is 4.98 Å². The van der Waals surface area contributed by atoms with Crippen molar-refractivity contribution in [2.45, 2.75) is 19.5 Å². The summed E-state index contributed by atoms with van der Waals surface area (Å²) in [7, 11) is 1.27. The number of benzene rings is 1. The maximum absolute atomic E-state index is 12.7. The second-order valence-corrected chi connectivity index (χ2v) is 5.47. The molecule has 1 heterocycles. The summed E-state index contributed by atoms with van der Waals surface area (Å²) >= 11 is 1.13. The number of esters is 1. The molecule has 0 bridgehead atoms. The fraction of sp³-hybridized carbons (Fsp3) is 0.286. The molecule has 0 N–H and O–H groups in total. The summed E-state index contributed by atoms with van der Waals surface area (Å²) in [4.78, 5) is 16.1. The Bertz CT molecular complexity index is 664. The third kappa shape index (κ3) is 3.60. The Labute approximate surface area is 123 Å². The molecule has 112 valence electrons. The number of alkyl halides is 3. The van der Waals surface area contributed by atoms with Gasteiger partial charge in [-0.3, -0.25) is 0 Å². The fourth-order valence-electron chi connectivity index (χ4n) is 1.84. The molecule has 0 amide bonds. The van der Waals surface area contributed by atoms with Gasteiger partial charge in [-0.15, -0.1) is 11.3 Å². The summed E-state index contributed by atoms with van der Waals surface area (Å²) in [5, 5.41) is 0.576. The Morgan fingerprint density at radius 1 is 1.38 bits per heavy atom. The molecule has 0 spiro atoms. The number of carbonyl (C=O) groups is 1. The van der Waals surface area contributed by atoms with Gasteiger partial charge in [-0.1, -0.05) is 18.2 Å². The lowest BCUT2D eigenvalue weighted by atomic mass is 10.1. The Balaban J connectivity index is 2.25. The molecular weight excluding hydrogens is 303 g/mol. The van der Waals surface area contributed by atoms with E-state index < -0.39 is 17.7 Å². The predicted octanol–water partition coefficient (Wildman–Crippen LogP) is 3.85. The Hall–Kier alpha value is -1.89. The molecule has 2 aromatic rings. The van der Waals surface area contributed by atoms with E-state index >= 15 is 0 Å². The first kappa shape index (κ1) is 15.5. The summed E-state index contributed by atoms with van der Waals surface area (Å²) in [6.45, 7) is 1.67. The molecule has 1 aromatic heterocycles. The second-order valence-electron chi connectivity index (χ2n) is 4.39. The highest BCUT2D eigenvalue weighted by molar-refractivity contribution is 7.13. The van der Waals surface area contributed by atoms with E-state index in [0.717, 1.165) is 23.5 Å². The van der Waals surface area contributed by atoms with Crippen molar-refractivity contribution in [3.8, 4) is 0 Å². The highest BCUT2D eigenvalue weighted by Gasteiger charge is 2.30. The molecule has 3 nitrogen and oxygen atoms in total. The third-order valence-corrected chi connectivity index (χ3v) is 3.96. The molecule has 0 aliphatic carbocycles. The van der Waals surface area contributed by atoms with Gasteiger partial charge >= 0.3 is 12.1 Å². The van der Waals surface area contributed by atoms with Gasteiger partial charge in [0.1, 0.15) is 4.88 Å². The molecule has 0 radical (unpaired) electrons. The second kappa shape index (κ2) is 5.85. The lowest BCUT2D eigenvalue weighted by Gasteiger charge is -2.07.